The number of hydrogen-bond donors (Lipinski definition) is 0. The Bertz CT molecular complexity index is 416. The number of carbonyl (C=O) groups excluding carboxylic acids is 1. The minimum absolute atomic E-state index is 0.223. The Morgan fingerprint density at radius 2 is 1.10 bits per heavy atom. The predicted octanol–water partition coefficient (Wildman–Crippen LogP) is 2.34. The standard InChI is InChI=1S/C16H34F3NO7Si2/c1-22-28(23-2,24-3)11-7-9-20(15(21)13-14(17)16(18)19)10-8-12-29(25-4,26-5)27-6/h14,16H,7-13H2,1-6H3. The summed E-state index contributed by atoms with van der Waals surface area (Å²) in [6, 6.07) is 0.835. The van der Waals surface area contributed by atoms with Gasteiger partial charge in [0.15, 0.2) is 6.17 Å². The lowest BCUT2D eigenvalue weighted by Crippen LogP contribution is -2.45. The van der Waals surface area contributed by atoms with Crippen molar-refractivity contribution >= 4 is 23.5 Å². The van der Waals surface area contributed by atoms with Crippen LogP contribution < -0.4 is 0 Å². The molecule has 0 aromatic carbocycles. The SMILES string of the molecule is CO[Si](CCCN(CCC[Si](OC)(OC)OC)C(=O)CC(F)C(F)F)(OC)OC. The minimum atomic E-state index is -3.20. The lowest BCUT2D eigenvalue weighted by atomic mass is 10.2. The van der Waals surface area contributed by atoms with Gasteiger partial charge >= 0.3 is 17.6 Å². The third-order valence-corrected chi connectivity index (χ3v) is 10.3. The molecule has 0 saturated heterocycles. The summed E-state index contributed by atoms with van der Waals surface area (Å²) < 4.78 is 70.4. The highest BCUT2D eigenvalue weighted by Crippen LogP contribution is 2.19. The van der Waals surface area contributed by atoms with Crippen LogP contribution in [0.3, 0.4) is 0 Å². The van der Waals surface area contributed by atoms with E-state index in [0.717, 1.165) is 0 Å². The zero-order valence-corrected chi connectivity index (χ0v) is 20.0. The van der Waals surface area contributed by atoms with Crippen LogP contribution in [-0.2, 0) is 31.4 Å². The van der Waals surface area contributed by atoms with Gasteiger partial charge in [-0.05, 0) is 12.8 Å². The van der Waals surface area contributed by atoms with E-state index in [1.165, 1.54) is 47.6 Å². The molecule has 0 aromatic heterocycles. The van der Waals surface area contributed by atoms with Crippen LogP contribution in [0, 0.1) is 0 Å². The van der Waals surface area contributed by atoms with Gasteiger partial charge in [0.25, 0.3) is 6.43 Å². The summed E-state index contributed by atoms with van der Waals surface area (Å²) >= 11 is 0. The van der Waals surface area contributed by atoms with Gasteiger partial charge in [-0.25, -0.2) is 13.2 Å². The largest absolute Gasteiger partial charge is 0.500 e. The van der Waals surface area contributed by atoms with Crippen molar-refractivity contribution in [2.24, 2.45) is 0 Å². The van der Waals surface area contributed by atoms with Crippen LogP contribution in [0.2, 0.25) is 12.1 Å². The summed E-state index contributed by atoms with van der Waals surface area (Å²) in [5.74, 6) is -0.683. The molecular weight excluding hydrogens is 431 g/mol. The van der Waals surface area contributed by atoms with E-state index in [2.05, 4.69) is 0 Å². The van der Waals surface area contributed by atoms with Crippen LogP contribution in [0.5, 0.6) is 0 Å². The molecule has 0 saturated carbocycles. The second-order valence-electron chi connectivity index (χ2n) is 6.23. The molecule has 13 heteroatoms. The average Bonchev–Trinajstić information content (AvgIpc) is 2.73. The van der Waals surface area contributed by atoms with Gasteiger partial charge < -0.3 is 31.5 Å². The number of alkyl halides is 3. The lowest BCUT2D eigenvalue weighted by Gasteiger charge is -2.29. The molecular formula is C16H34F3NO7Si2. The highest BCUT2D eigenvalue weighted by atomic mass is 28.4. The van der Waals surface area contributed by atoms with E-state index in [-0.39, 0.29) is 13.1 Å². The maximum Gasteiger partial charge on any atom is 0.500 e. The topological polar surface area (TPSA) is 75.7 Å². The maximum absolute atomic E-state index is 13.4. The van der Waals surface area contributed by atoms with Crippen LogP contribution in [0.15, 0.2) is 0 Å². The van der Waals surface area contributed by atoms with Crippen molar-refractivity contribution < 1.29 is 44.5 Å². The smallest absolute Gasteiger partial charge is 0.377 e. The van der Waals surface area contributed by atoms with Gasteiger partial charge in [0.2, 0.25) is 5.91 Å². The van der Waals surface area contributed by atoms with Gasteiger partial charge in [0.1, 0.15) is 0 Å². The van der Waals surface area contributed by atoms with Crippen LogP contribution in [0.4, 0.5) is 13.2 Å². The van der Waals surface area contributed by atoms with E-state index in [4.69, 9.17) is 26.6 Å². The predicted molar refractivity (Wildman–Crippen MR) is 105 cm³/mol. The molecule has 0 heterocycles. The Kier molecular flexibility index (Phi) is 14.2. The van der Waals surface area contributed by atoms with E-state index >= 15 is 0 Å². The normalized spacial score (nSPS) is 13.7. The molecule has 0 aliphatic rings. The third-order valence-electron chi connectivity index (χ3n) is 4.68. The summed E-state index contributed by atoms with van der Waals surface area (Å²) in [6.45, 7) is 0.447. The first kappa shape index (κ1) is 28.5. The molecule has 174 valence electrons. The van der Waals surface area contributed by atoms with Crippen molar-refractivity contribution in [3.63, 3.8) is 0 Å². The quantitative estimate of drug-likeness (QED) is 0.305. The maximum atomic E-state index is 13.4. The molecule has 0 rings (SSSR count). The van der Waals surface area contributed by atoms with Crippen LogP contribution in [-0.4, -0.2) is 96.8 Å². The molecule has 1 atom stereocenters. The fourth-order valence-electron chi connectivity index (χ4n) is 2.83. The van der Waals surface area contributed by atoms with Gasteiger partial charge in [-0.15, -0.1) is 0 Å². The Labute approximate surface area is 173 Å². The molecule has 0 aliphatic carbocycles. The lowest BCUT2D eigenvalue weighted by molar-refractivity contribution is -0.134. The summed E-state index contributed by atoms with van der Waals surface area (Å²) in [5, 5.41) is 0. The van der Waals surface area contributed by atoms with E-state index in [1.807, 2.05) is 0 Å². The molecule has 0 radical (unpaired) electrons. The molecule has 0 N–H and O–H groups in total. The highest BCUT2D eigenvalue weighted by Gasteiger charge is 2.39. The first-order chi connectivity index (χ1) is 13.7. The van der Waals surface area contributed by atoms with E-state index in [0.29, 0.717) is 24.9 Å². The minimum Gasteiger partial charge on any atom is -0.377 e. The van der Waals surface area contributed by atoms with E-state index in [1.54, 1.807) is 0 Å². The van der Waals surface area contributed by atoms with Crippen molar-refractivity contribution in [2.75, 3.05) is 55.7 Å². The molecule has 0 spiro atoms. The van der Waals surface area contributed by atoms with Crippen molar-refractivity contribution in [3.05, 3.63) is 0 Å². The zero-order valence-electron chi connectivity index (χ0n) is 18.0. The monoisotopic (exact) mass is 465 g/mol. The van der Waals surface area contributed by atoms with Crippen molar-refractivity contribution in [2.45, 2.75) is 43.9 Å². The van der Waals surface area contributed by atoms with Crippen molar-refractivity contribution in [3.8, 4) is 0 Å². The van der Waals surface area contributed by atoms with Crippen molar-refractivity contribution in [1.29, 1.82) is 0 Å². The van der Waals surface area contributed by atoms with Gasteiger partial charge in [0, 0.05) is 67.8 Å². The summed E-state index contributed by atoms with van der Waals surface area (Å²) in [5.41, 5.74) is 0. The van der Waals surface area contributed by atoms with Gasteiger partial charge in [0.05, 0.1) is 6.42 Å². The number of carbonyl (C=O) groups is 1. The second-order valence-corrected chi connectivity index (χ2v) is 12.4. The summed E-state index contributed by atoms with van der Waals surface area (Å²) in [7, 11) is 3.19. The van der Waals surface area contributed by atoms with Gasteiger partial charge in [-0.3, -0.25) is 4.79 Å². The van der Waals surface area contributed by atoms with Crippen LogP contribution >= 0.6 is 0 Å². The Morgan fingerprint density at radius 1 is 0.759 bits per heavy atom. The first-order valence-corrected chi connectivity index (χ1v) is 13.1. The fraction of sp³-hybridized carbons (Fsp3) is 0.938. The van der Waals surface area contributed by atoms with E-state index < -0.39 is 42.5 Å². The number of halogens is 3. The Morgan fingerprint density at radius 3 is 1.38 bits per heavy atom. The Balaban J connectivity index is 4.99. The molecule has 0 fully saturated rings. The number of hydrogen-bond acceptors (Lipinski definition) is 7. The zero-order chi connectivity index (χ0) is 22.5. The molecule has 8 nitrogen and oxygen atoms in total. The summed E-state index contributed by atoms with van der Waals surface area (Å²) in [6.07, 6.45) is -5.69. The second kappa shape index (κ2) is 14.5. The average molecular weight is 466 g/mol. The van der Waals surface area contributed by atoms with Gasteiger partial charge in [-0.2, -0.15) is 0 Å². The third kappa shape index (κ3) is 9.42. The van der Waals surface area contributed by atoms with Gasteiger partial charge in [-0.1, -0.05) is 0 Å². The highest BCUT2D eigenvalue weighted by molar-refractivity contribution is 6.60. The first-order valence-electron chi connectivity index (χ1n) is 9.19. The molecule has 1 amide bonds. The molecule has 0 aromatic rings. The van der Waals surface area contributed by atoms with Crippen LogP contribution in [0.1, 0.15) is 19.3 Å². The van der Waals surface area contributed by atoms with Crippen LogP contribution in [0.25, 0.3) is 0 Å². The molecule has 29 heavy (non-hydrogen) atoms. The number of rotatable bonds is 17. The van der Waals surface area contributed by atoms with Crippen molar-refractivity contribution in [1.82, 2.24) is 4.90 Å². The summed E-state index contributed by atoms with van der Waals surface area (Å²) in [4.78, 5) is 13.7. The fourth-order valence-corrected chi connectivity index (χ4v) is 6.24. The number of nitrogens with zero attached hydrogens (tertiary/aromatic N) is 1. The molecule has 1 unspecified atom stereocenters. The molecule has 0 bridgehead atoms. The molecule has 0 aliphatic heterocycles. The number of amides is 1. The Hall–Kier alpha value is -0.546. The van der Waals surface area contributed by atoms with E-state index in [9.17, 15) is 18.0 Å².